The molecule has 2 rings (SSSR count). The van der Waals surface area contributed by atoms with Gasteiger partial charge in [-0.2, -0.15) is 0 Å². The van der Waals surface area contributed by atoms with Crippen LogP contribution in [0, 0.1) is 0 Å². The Balaban J connectivity index is 2.52. The number of aromatic amines is 1. The molecule has 0 aromatic carbocycles. The predicted molar refractivity (Wildman–Crippen MR) is 40.9 cm³/mol. The van der Waals surface area contributed by atoms with Crippen molar-refractivity contribution in [2.24, 2.45) is 0 Å². The van der Waals surface area contributed by atoms with Gasteiger partial charge in [0.2, 0.25) is 0 Å². The summed E-state index contributed by atoms with van der Waals surface area (Å²) in [6.45, 7) is 0.956. The molecule has 0 saturated heterocycles. The molecule has 0 unspecified atom stereocenters. The normalized spacial score (nSPS) is 15.5. The van der Waals surface area contributed by atoms with Gasteiger partial charge >= 0.3 is 0 Å². The number of anilines is 1. The first-order chi connectivity index (χ1) is 4.88. The SMILES string of the molecule is CN1CC=Cc2[nH]cnc21. The van der Waals surface area contributed by atoms with Crippen LogP contribution in [0.25, 0.3) is 6.08 Å². The van der Waals surface area contributed by atoms with Gasteiger partial charge in [0, 0.05) is 13.6 Å². The molecular formula is C7H9N3. The molecule has 0 fully saturated rings. The van der Waals surface area contributed by atoms with Crippen molar-refractivity contribution in [1.29, 1.82) is 0 Å². The van der Waals surface area contributed by atoms with E-state index in [2.05, 4.69) is 27.0 Å². The lowest BCUT2D eigenvalue weighted by Crippen LogP contribution is -2.20. The van der Waals surface area contributed by atoms with Crippen molar-refractivity contribution in [3.05, 3.63) is 18.1 Å². The highest BCUT2D eigenvalue weighted by Crippen LogP contribution is 2.18. The van der Waals surface area contributed by atoms with Gasteiger partial charge < -0.3 is 9.88 Å². The average molecular weight is 135 g/mol. The average Bonchev–Trinajstić information content (AvgIpc) is 2.36. The summed E-state index contributed by atoms with van der Waals surface area (Å²) in [5.41, 5.74) is 1.11. The Kier molecular flexibility index (Phi) is 1.03. The highest BCUT2D eigenvalue weighted by atomic mass is 15.2. The summed E-state index contributed by atoms with van der Waals surface area (Å²) in [4.78, 5) is 9.31. The van der Waals surface area contributed by atoms with Crippen molar-refractivity contribution in [1.82, 2.24) is 9.97 Å². The quantitative estimate of drug-likeness (QED) is 0.572. The van der Waals surface area contributed by atoms with E-state index in [1.807, 2.05) is 7.05 Å². The van der Waals surface area contributed by atoms with E-state index in [1.165, 1.54) is 0 Å². The topological polar surface area (TPSA) is 31.9 Å². The molecule has 0 bridgehead atoms. The van der Waals surface area contributed by atoms with E-state index < -0.39 is 0 Å². The van der Waals surface area contributed by atoms with Crippen LogP contribution in [0.1, 0.15) is 5.69 Å². The largest absolute Gasteiger partial charge is 0.354 e. The van der Waals surface area contributed by atoms with E-state index in [1.54, 1.807) is 6.33 Å². The summed E-state index contributed by atoms with van der Waals surface area (Å²) < 4.78 is 0. The predicted octanol–water partition coefficient (Wildman–Crippen LogP) is 0.873. The second kappa shape index (κ2) is 1.87. The first kappa shape index (κ1) is 5.53. The van der Waals surface area contributed by atoms with Gasteiger partial charge in [-0.1, -0.05) is 6.08 Å². The number of rotatable bonds is 0. The molecule has 10 heavy (non-hydrogen) atoms. The van der Waals surface area contributed by atoms with Gasteiger partial charge in [-0.15, -0.1) is 0 Å². The van der Waals surface area contributed by atoms with Crippen molar-refractivity contribution in [2.75, 3.05) is 18.5 Å². The van der Waals surface area contributed by atoms with Crippen LogP contribution in [0.15, 0.2) is 12.4 Å². The monoisotopic (exact) mass is 135 g/mol. The molecule has 0 atom stereocenters. The van der Waals surface area contributed by atoms with Crippen LogP contribution < -0.4 is 4.90 Å². The van der Waals surface area contributed by atoms with E-state index in [0.717, 1.165) is 18.1 Å². The molecule has 0 spiro atoms. The molecule has 1 aliphatic heterocycles. The molecule has 3 heteroatoms. The molecule has 0 radical (unpaired) electrons. The van der Waals surface area contributed by atoms with Crippen LogP contribution in [0.2, 0.25) is 0 Å². The lowest BCUT2D eigenvalue weighted by Gasteiger charge is -2.17. The van der Waals surface area contributed by atoms with Crippen LogP contribution in [-0.2, 0) is 0 Å². The van der Waals surface area contributed by atoms with E-state index in [9.17, 15) is 0 Å². The molecule has 2 heterocycles. The van der Waals surface area contributed by atoms with Crippen LogP contribution in [0.5, 0.6) is 0 Å². The summed E-state index contributed by atoms with van der Waals surface area (Å²) >= 11 is 0. The van der Waals surface area contributed by atoms with Gasteiger partial charge in [-0.05, 0) is 6.08 Å². The van der Waals surface area contributed by atoms with Crippen molar-refractivity contribution < 1.29 is 0 Å². The Morgan fingerprint density at radius 2 is 2.60 bits per heavy atom. The molecule has 1 aliphatic rings. The zero-order chi connectivity index (χ0) is 6.97. The number of hydrogen-bond acceptors (Lipinski definition) is 2. The molecule has 52 valence electrons. The molecular weight excluding hydrogens is 126 g/mol. The number of aromatic nitrogens is 2. The number of nitrogens with zero attached hydrogens (tertiary/aromatic N) is 2. The Bertz CT molecular complexity index is 262. The zero-order valence-electron chi connectivity index (χ0n) is 5.83. The summed E-state index contributed by atoms with van der Waals surface area (Å²) in [7, 11) is 2.03. The Morgan fingerprint density at radius 1 is 1.70 bits per heavy atom. The third-order valence-electron chi connectivity index (χ3n) is 1.67. The Labute approximate surface area is 59.4 Å². The van der Waals surface area contributed by atoms with Crippen LogP contribution in [0.4, 0.5) is 5.82 Å². The van der Waals surface area contributed by atoms with Gasteiger partial charge in [0.25, 0.3) is 0 Å². The van der Waals surface area contributed by atoms with Crippen molar-refractivity contribution in [3.63, 3.8) is 0 Å². The van der Waals surface area contributed by atoms with E-state index >= 15 is 0 Å². The molecule has 1 N–H and O–H groups in total. The first-order valence-corrected chi connectivity index (χ1v) is 3.29. The van der Waals surface area contributed by atoms with Crippen molar-refractivity contribution in [3.8, 4) is 0 Å². The van der Waals surface area contributed by atoms with Crippen LogP contribution in [-0.4, -0.2) is 23.6 Å². The minimum absolute atomic E-state index is 0.956. The summed E-state index contributed by atoms with van der Waals surface area (Å²) in [5.74, 6) is 1.04. The molecule has 1 aromatic rings. The number of H-pyrrole nitrogens is 1. The highest BCUT2D eigenvalue weighted by Gasteiger charge is 2.09. The molecule has 0 amide bonds. The van der Waals surface area contributed by atoms with E-state index in [4.69, 9.17) is 0 Å². The fourth-order valence-corrected chi connectivity index (χ4v) is 1.14. The second-order valence-corrected chi connectivity index (χ2v) is 2.42. The summed E-state index contributed by atoms with van der Waals surface area (Å²) in [5, 5.41) is 0. The smallest absolute Gasteiger partial charge is 0.154 e. The summed E-state index contributed by atoms with van der Waals surface area (Å²) in [6.07, 6.45) is 5.89. The molecule has 0 aliphatic carbocycles. The fraction of sp³-hybridized carbons (Fsp3) is 0.286. The molecule has 3 nitrogen and oxygen atoms in total. The maximum absolute atomic E-state index is 4.16. The van der Waals surface area contributed by atoms with E-state index in [-0.39, 0.29) is 0 Å². The van der Waals surface area contributed by atoms with Gasteiger partial charge in [-0.25, -0.2) is 4.98 Å². The van der Waals surface area contributed by atoms with Crippen molar-refractivity contribution >= 4 is 11.9 Å². The Morgan fingerprint density at radius 3 is 3.40 bits per heavy atom. The summed E-state index contributed by atoms with van der Waals surface area (Å²) in [6, 6.07) is 0. The van der Waals surface area contributed by atoms with Crippen molar-refractivity contribution in [2.45, 2.75) is 0 Å². The van der Waals surface area contributed by atoms with Crippen LogP contribution in [0.3, 0.4) is 0 Å². The van der Waals surface area contributed by atoms with Crippen LogP contribution >= 0.6 is 0 Å². The van der Waals surface area contributed by atoms with Gasteiger partial charge in [0.15, 0.2) is 5.82 Å². The molecule has 1 aromatic heterocycles. The minimum atomic E-state index is 0.956. The number of likely N-dealkylation sites (N-methyl/N-ethyl adjacent to an activating group) is 1. The third-order valence-corrected chi connectivity index (χ3v) is 1.67. The highest BCUT2D eigenvalue weighted by molar-refractivity contribution is 5.64. The molecule has 0 saturated carbocycles. The number of nitrogens with one attached hydrogen (secondary N) is 1. The lowest BCUT2D eigenvalue weighted by atomic mass is 10.3. The van der Waals surface area contributed by atoms with Gasteiger partial charge in [-0.3, -0.25) is 0 Å². The number of fused-ring (bicyclic) bond motifs is 1. The van der Waals surface area contributed by atoms with E-state index in [0.29, 0.717) is 0 Å². The van der Waals surface area contributed by atoms with Gasteiger partial charge in [0.05, 0.1) is 12.0 Å². The Hall–Kier alpha value is -1.25. The second-order valence-electron chi connectivity index (χ2n) is 2.42. The van der Waals surface area contributed by atoms with Gasteiger partial charge in [0.1, 0.15) is 0 Å². The maximum Gasteiger partial charge on any atom is 0.154 e. The number of hydrogen-bond donors (Lipinski definition) is 1. The lowest BCUT2D eigenvalue weighted by molar-refractivity contribution is 0.990. The number of imidazole rings is 1. The third kappa shape index (κ3) is 0.635. The standard InChI is InChI=1S/C7H9N3/c1-10-4-2-3-6-7(10)9-5-8-6/h2-3,5H,4H2,1H3,(H,8,9). The fourth-order valence-electron chi connectivity index (χ4n) is 1.14. The zero-order valence-corrected chi connectivity index (χ0v) is 5.83. The minimum Gasteiger partial charge on any atom is -0.354 e. The first-order valence-electron chi connectivity index (χ1n) is 3.29. The maximum atomic E-state index is 4.16.